The van der Waals surface area contributed by atoms with Gasteiger partial charge in [0.05, 0.1) is 39.8 Å². The Kier molecular flexibility index (Phi) is 5.14. The van der Waals surface area contributed by atoms with Crippen LogP contribution in [0.1, 0.15) is 11.1 Å². The van der Waals surface area contributed by atoms with Gasteiger partial charge in [-0.2, -0.15) is 5.32 Å². The number of fused-ring (bicyclic) bond motifs is 1. The number of carbonyl (C=O) groups is 1. The van der Waals surface area contributed by atoms with Crippen molar-refractivity contribution in [2.75, 3.05) is 26.2 Å². The number of aromatic nitrogens is 2. The maximum Gasteiger partial charge on any atom is 0.351 e. The molecule has 4 rings (SSSR count). The number of rotatable bonds is 6. The van der Waals surface area contributed by atoms with Crippen molar-refractivity contribution >= 4 is 17.7 Å². The second kappa shape index (κ2) is 7.90. The molecule has 1 aliphatic heterocycles. The van der Waals surface area contributed by atoms with Crippen LogP contribution in [0.5, 0.6) is 17.2 Å². The van der Waals surface area contributed by atoms with Gasteiger partial charge in [0.25, 0.3) is 0 Å². The molecule has 153 valence electrons. The molecule has 1 aromatic heterocycles. The van der Waals surface area contributed by atoms with Crippen LogP contribution in [0, 0.1) is 6.92 Å². The van der Waals surface area contributed by atoms with Gasteiger partial charge in [0.1, 0.15) is 0 Å². The van der Waals surface area contributed by atoms with E-state index in [1.165, 1.54) is 4.90 Å². The lowest BCUT2D eigenvalue weighted by Gasteiger charge is -2.16. The van der Waals surface area contributed by atoms with E-state index < -0.39 is 0 Å². The van der Waals surface area contributed by atoms with Gasteiger partial charge >= 0.3 is 6.03 Å². The summed E-state index contributed by atoms with van der Waals surface area (Å²) in [5.41, 5.74) is 3.39. The number of urea groups is 1. The molecule has 0 unspecified atom stereocenters. The zero-order valence-electron chi connectivity index (χ0n) is 17.2. The number of methoxy groups -OCH3 is 3. The number of hydrogen-bond acceptors (Lipinski definition) is 6. The molecule has 0 spiro atoms. The average Bonchev–Trinajstić information content (AvgIpc) is 3.07. The van der Waals surface area contributed by atoms with Crippen LogP contribution in [0.2, 0.25) is 0 Å². The van der Waals surface area contributed by atoms with E-state index in [1.807, 2.05) is 31.2 Å². The predicted molar refractivity (Wildman–Crippen MR) is 112 cm³/mol. The Bertz CT molecular complexity index is 1090. The Balaban J connectivity index is 1.74. The number of anilines is 1. The summed E-state index contributed by atoms with van der Waals surface area (Å²) in [5, 5.41) is 4.03. The lowest BCUT2D eigenvalue weighted by atomic mass is 10.1. The molecule has 3 aromatic rings. The monoisotopic (exact) mass is 405 g/mol. The third kappa shape index (κ3) is 3.47. The van der Waals surface area contributed by atoms with Crippen molar-refractivity contribution in [2.24, 2.45) is 0 Å². The van der Waals surface area contributed by atoms with Gasteiger partial charge in [-0.05, 0) is 24.6 Å². The molecule has 0 bridgehead atoms. The van der Waals surface area contributed by atoms with Crippen molar-refractivity contribution in [1.29, 1.82) is 0 Å². The van der Waals surface area contributed by atoms with Crippen LogP contribution in [0.4, 0.5) is 16.4 Å². The molecule has 2 amide bonds. The molecule has 1 aliphatic rings. The van der Waals surface area contributed by atoms with Gasteiger partial charge in [-0.3, -0.25) is 4.90 Å². The molecule has 0 atom stereocenters. The van der Waals surface area contributed by atoms with Gasteiger partial charge in [-0.1, -0.05) is 29.8 Å². The van der Waals surface area contributed by atoms with Gasteiger partial charge in [0.15, 0.2) is 17.3 Å². The molecular weight excluding hydrogens is 384 g/mol. The molecule has 0 aliphatic carbocycles. The molecule has 2 aromatic carbocycles. The molecule has 8 nitrogen and oxygen atoms in total. The molecule has 0 saturated heterocycles. The summed E-state index contributed by atoms with van der Waals surface area (Å²) in [6, 6.07) is 11.2. The number of benzene rings is 2. The van der Waals surface area contributed by atoms with Crippen molar-refractivity contribution in [3.63, 3.8) is 0 Å². The molecule has 0 saturated carbocycles. The summed E-state index contributed by atoms with van der Waals surface area (Å²) in [5.74, 6) is 2.23. The van der Waals surface area contributed by atoms with E-state index in [-0.39, 0.29) is 6.03 Å². The zero-order chi connectivity index (χ0) is 21.3. The number of nitrogens with zero attached hydrogens (tertiary/aromatic N) is 4. The van der Waals surface area contributed by atoms with Gasteiger partial charge in [-0.25, -0.2) is 14.8 Å². The molecule has 8 heteroatoms. The summed E-state index contributed by atoms with van der Waals surface area (Å²) in [4.78, 5) is 23.0. The summed E-state index contributed by atoms with van der Waals surface area (Å²) >= 11 is 0. The third-order valence-corrected chi connectivity index (χ3v) is 4.81. The third-order valence-electron chi connectivity index (χ3n) is 4.81. The maximum atomic E-state index is 12.5. The highest BCUT2D eigenvalue weighted by Crippen LogP contribution is 2.41. The van der Waals surface area contributed by atoms with Crippen LogP contribution < -0.4 is 24.4 Å². The van der Waals surface area contributed by atoms with Crippen molar-refractivity contribution < 1.29 is 19.0 Å². The Labute approximate surface area is 174 Å². The van der Waals surface area contributed by atoms with Crippen LogP contribution in [0.15, 0.2) is 42.6 Å². The van der Waals surface area contributed by atoms with Gasteiger partial charge in [0, 0.05) is 5.56 Å². The SMILES string of the molecule is COc1cc(-c2cnc3c(n2)N(Cc2cccc(C)c2)C(=O)[N]3)cc(OC)c1OC. The first-order valence-corrected chi connectivity index (χ1v) is 9.30. The quantitative estimate of drug-likeness (QED) is 0.619. The normalized spacial score (nSPS) is 12.4. The van der Waals surface area contributed by atoms with E-state index in [4.69, 9.17) is 14.2 Å². The highest BCUT2D eigenvalue weighted by Gasteiger charge is 2.32. The summed E-state index contributed by atoms with van der Waals surface area (Å²) in [6.07, 6.45) is 1.58. The Morgan fingerprint density at radius 3 is 2.37 bits per heavy atom. The van der Waals surface area contributed by atoms with Gasteiger partial charge < -0.3 is 14.2 Å². The van der Waals surface area contributed by atoms with E-state index in [9.17, 15) is 4.79 Å². The molecule has 2 heterocycles. The molecule has 0 N–H and O–H groups in total. The van der Waals surface area contributed by atoms with E-state index in [0.717, 1.165) is 16.7 Å². The molecule has 1 radical (unpaired) electrons. The number of hydrogen-bond donors (Lipinski definition) is 0. The van der Waals surface area contributed by atoms with Crippen molar-refractivity contribution in [3.8, 4) is 28.5 Å². The molecule has 30 heavy (non-hydrogen) atoms. The first-order valence-electron chi connectivity index (χ1n) is 9.30. The van der Waals surface area contributed by atoms with Gasteiger partial charge in [0.2, 0.25) is 11.6 Å². The second-order valence-electron chi connectivity index (χ2n) is 6.79. The first-order chi connectivity index (χ1) is 14.5. The minimum absolute atomic E-state index is 0.309. The largest absolute Gasteiger partial charge is 0.493 e. The Hall–Kier alpha value is -3.81. The van der Waals surface area contributed by atoms with E-state index in [2.05, 4.69) is 15.3 Å². The van der Waals surface area contributed by atoms with E-state index in [1.54, 1.807) is 39.7 Å². The smallest absolute Gasteiger partial charge is 0.351 e. The minimum atomic E-state index is -0.381. The maximum absolute atomic E-state index is 12.5. The fourth-order valence-corrected chi connectivity index (χ4v) is 3.38. The van der Waals surface area contributed by atoms with Crippen LogP contribution in [0.25, 0.3) is 11.3 Å². The number of ether oxygens (including phenoxy) is 3. The van der Waals surface area contributed by atoms with E-state index >= 15 is 0 Å². The van der Waals surface area contributed by atoms with Crippen LogP contribution in [-0.4, -0.2) is 37.3 Å². The Morgan fingerprint density at radius 2 is 1.73 bits per heavy atom. The summed E-state index contributed by atoms with van der Waals surface area (Å²) < 4.78 is 16.2. The highest BCUT2D eigenvalue weighted by atomic mass is 16.5. The van der Waals surface area contributed by atoms with E-state index in [0.29, 0.717) is 41.1 Å². The summed E-state index contributed by atoms with van der Waals surface area (Å²) in [7, 11) is 4.65. The molecule has 0 fully saturated rings. The fourth-order valence-electron chi connectivity index (χ4n) is 3.38. The van der Waals surface area contributed by atoms with Crippen molar-refractivity contribution in [3.05, 3.63) is 53.7 Å². The van der Waals surface area contributed by atoms with Crippen LogP contribution >= 0.6 is 0 Å². The van der Waals surface area contributed by atoms with Crippen LogP contribution in [0.3, 0.4) is 0 Å². The predicted octanol–water partition coefficient (Wildman–Crippen LogP) is 3.85. The second-order valence-corrected chi connectivity index (χ2v) is 6.79. The number of carbonyl (C=O) groups excluding carboxylic acids is 1. The minimum Gasteiger partial charge on any atom is -0.493 e. The zero-order valence-corrected chi connectivity index (χ0v) is 17.2. The fraction of sp³-hybridized carbons (Fsp3) is 0.227. The average molecular weight is 405 g/mol. The highest BCUT2D eigenvalue weighted by molar-refractivity contribution is 6.02. The number of amides is 2. The number of aryl methyl sites for hydroxylation is 1. The van der Waals surface area contributed by atoms with Crippen LogP contribution in [-0.2, 0) is 6.54 Å². The molecular formula is C22H21N4O4. The van der Waals surface area contributed by atoms with Crippen molar-refractivity contribution in [2.45, 2.75) is 13.5 Å². The lowest BCUT2D eigenvalue weighted by Crippen LogP contribution is -2.28. The summed E-state index contributed by atoms with van der Waals surface area (Å²) in [6.45, 7) is 2.38. The lowest BCUT2D eigenvalue weighted by molar-refractivity contribution is 0.250. The van der Waals surface area contributed by atoms with Gasteiger partial charge in [-0.15, -0.1) is 0 Å². The van der Waals surface area contributed by atoms with Crippen molar-refractivity contribution in [1.82, 2.24) is 15.3 Å². The standard InChI is InChI=1S/C22H21N4O4/c1-13-6-5-7-14(8-13)12-26-21-20(25-22(26)27)23-11-16(24-21)15-9-17(28-2)19(30-4)18(10-15)29-3/h5-11H,12H2,1-4H3. The Morgan fingerprint density at radius 1 is 1.00 bits per heavy atom. The first kappa shape index (κ1) is 19.5. The topological polar surface area (TPSA) is 87.9 Å².